The highest BCUT2D eigenvalue weighted by atomic mass is 32.2. The van der Waals surface area contributed by atoms with Gasteiger partial charge in [0.25, 0.3) is 0 Å². The van der Waals surface area contributed by atoms with Crippen molar-refractivity contribution in [3.05, 3.63) is 23.8 Å². The van der Waals surface area contributed by atoms with Crippen LogP contribution in [-0.4, -0.2) is 38.9 Å². The molecule has 3 N–H and O–H groups in total. The van der Waals surface area contributed by atoms with Crippen LogP contribution in [0.25, 0.3) is 0 Å². The average molecular weight is 299 g/mol. The van der Waals surface area contributed by atoms with Crippen molar-refractivity contribution in [1.29, 1.82) is 0 Å². The molecule has 1 atom stereocenters. The van der Waals surface area contributed by atoms with E-state index >= 15 is 0 Å². The highest BCUT2D eigenvalue weighted by Gasteiger charge is 2.24. The van der Waals surface area contributed by atoms with Crippen molar-refractivity contribution in [1.82, 2.24) is 9.62 Å². The molecule has 0 spiro atoms. The van der Waals surface area contributed by atoms with E-state index in [-0.39, 0.29) is 10.8 Å². The van der Waals surface area contributed by atoms with Gasteiger partial charge in [-0.25, -0.2) is 8.42 Å². The van der Waals surface area contributed by atoms with Crippen LogP contribution in [0.15, 0.2) is 23.1 Å². The van der Waals surface area contributed by atoms with E-state index < -0.39 is 16.1 Å². The zero-order chi connectivity index (χ0) is 15.5. The number of benzene rings is 1. The summed E-state index contributed by atoms with van der Waals surface area (Å²) in [7, 11) is -2.15. The zero-order valence-electron chi connectivity index (χ0n) is 12.2. The number of hydrogen-bond donors (Lipinski definition) is 2. The molecule has 1 rings (SSSR count). The molecule has 0 saturated carbocycles. The number of carbonyl (C=O) groups is 1. The van der Waals surface area contributed by atoms with Crippen LogP contribution in [0, 0.1) is 6.92 Å². The van der Waals surface area contributed by atoms with E-state index in [1.165, 1.54) is 24.0 Å². The van der Waals surface area contributed by atoms with E-state index in [1.807, 2.05) is 6.92 Å². The molecule has 0 aliphatic carbocycles. The van der Waals surface area contributed by atoms with Crippen molar-refractivity contribution >= 4 is 21.6 Å². The number of amides is 1. The average Bonchev–Trinajstić information content (AvgIpc) is 2.35. The maximum absolute atomic E-state index is 12.2. The third kappa shape index (κ3) is 3.94. The summed E-state index contributed by atoms with van der Waals surface area (Å²) >= 11 is 0. The van der Waals surface area contributed by atoms with Gasteiger partial charge in [-0.3, -0.25) is 4.79 Å². The third-order valence-corrected chi connectivity index (χ3v) is 4.46. The number of rotatable bonds is 5. The van der Waals surface area contributed by atoms with E-state index in [9.17, 15) is 13.2 Å². The second kappa shape index (κ2) is 6.23. The Labute approximate surface area is 120 Å². The minimum atomic E-state index is -3.77. The lowest BCUT2D eigenvalue weighted by Crippen LogP contribution is -2.45. The fourth-order valence-corrected chi connectivity index (χ4v) is 3.10. The van der Waals surface area contributed by atoms with Gasteiger partial charge in [-0.1, -0.05) is 0 Å². The first-order valence-corrected chi connectivity index (χ1v) is 7.80. The third-order valence-electron chi connectivity index (χ3n) is 2.94. The highest BCUT2D eigenvalue weighted by Crippen LogP contribution is 2.16. The second-order valence-corrected chi connectivity index (χ2v) is 6.49. The molecule has 0 fully saturated rings. The molecule has 1 unspecified atom stereocenters. The van der Waals surface area contributed by atoms with Gasteiger partial charge >= 0.3 is 0 Å². The Hall–Kier alpha value is -1.60. The summed E-state index contributed by atoms with van der Waals surface area (Å²) in [5.41, 5.74) is 6.76. The Bertz CT molecular complexity index is 579. The number of anilines is 1. The summed E-state index contributed by atoms with van der Waals surface area (Å²) in [4.78, 5) is 13.4. The van der Waals surface area contributed by atoms with Gasteiger partial charge in [-0.15, -0.1) is 0 Å². The van der Waals surface area contributed by atoms with Crippen LogP contribution in [-0.2, 0) is 14.8 Å². The standard InChI is InChI=1S/C13H21N3O3S/c1-5-16(4)13(17)10(3)15-20(18,19)12-7-9(2)6-11(14)8-12/h6-8,10,15H,5,14H2,1-4H3. The molecule has 0 saturated heterocycles. The molecule has 1 amide bonds. The van der Waals surface area contributed by atoms with Crippen LogP contribution >= 0.6 is 0 Å². The maximum atomic E-state index is 12.2. The molecule has 0 bridgehead atoms. The molecular weight excluding hydrogens is 278 g/mol. The van der Waals surface area contributed by atoms with Crippen molar-refractivity contribution in [3.8, 4) is 0 Å². The SMILES string of the molecule is CCN(C)C(=O)C(C)NS(=O)(=O)c1cc(C)cc(N)c1. The first-order chi connectivity index (χ1) is 9.17. The smallest absolute Gasteiger partial charge is 0.241 e. The molecule has 6 nitrogen and oxygen atoms in total. The van der Waals surface area contributed by atoms with Gasteiger partial charge in [-0.2, -0.15) is 4.72 Å². The molecule has 0 aliphatic heterocycles. The Morgan fingerprint density at radius 1 is 1.40 bits per heavy atom. The number of likely N-dealkylation sites (N-methyl/N-ethyl adjacent to an activating group) is 1. The molecule has 1 aromatic rings. The topological polar surface area (TPSA) is 92.5 Å². The molecule has 0 radical (unpaired) electrons. The quantitative estimate of drug-likeness (QED) is 0.784. The molecule has 0 aromatic heterocycles. The van der Waals surface area contributed by atoms with Gasteiger partial charge in [0.2, 0.25) is 15.9 Å². The van der Waals surface area contributed by atoms with Gasteiger partial charge in [0.05, 0.1) is 10.9 Å². The maximum Gasteiger partial charge on any atom is 0.241 e. The Morgan fingerprint density at radius 3 is 2.50 bits per heavy atom. The first-order valence-electron chi connectivity index (χ1n) is 6.32. The fraction of sp³-hybridized carbons (Fsp3) is 0.462. The van der Waals surface area contributed by atoms with Crippen molar-refractivity contribution < 1.29 is 13.2 Å². The summed E-state index contributed by atoms with van der Waals surface area (Å²) in [6.45, 7) is 5.61. The predicted octanol–water partition coefficient (Wildman–Crippen LogP) is 0.722. The van der Waals surface area contributed by atoms with Gasteiger partial charge in [0.15, 0.2) is 0 Å². The van der Waals surface area contributed by atoms with Crippen molar-refractivity contribution in [2.45, 2.75) is 31.7 Å². The van der Waals surface area contributed by atoms with E-state index in [0.29, 0.717) is 12.2 Å². The molecule has 112 valence electrons. The number of nitrogens with two attached hydrogens (primary N) is 1. The molecule has 20 heavy (non-hydrogen) atoms. The molecular formula is C13H21N3O3S. The highest BCUT2D eigenvalue weighted by molar-refractivity contribution is 7.89. The Balaban J connectivity index is 2.98. The normalized spacial score (nSPS) is 13.0. The van der Waals surface area contributed by atoms with Crippen molar-refractivity contribution in [2.24, 2.45) is 0 Å². The lowest BCUT2D eigenvalue weighted by Gasteiger charge is -2.20. The van der Waals surface area contributed by atoms with Gasteiger partial charge < -0.3 is 10.6 Å². The number of nitrogen functional groups attached to an aromatic ring is 1. The largest absolute Gasteiger partial charge is 0.399 e. The molecule has 1 aromatic carbocycles. The van der Waals surface area contributed by atoms with Gasteiger partial charge in [0, 0.05) is 19.3 Å². The van der Waals surface area contributed by atoms with Crippen LogP contribution in [0.2, 0.25) is 0 Å². The summed E-state index contributed by atoms with van der Waals surface area (Å²) in [6, 6.07) is 3.74. The van der Waals surface area contributed by atoms with E-state index in [2.05, 4.69) is 4.72 Å². The zero-order valence-corrected chi connectivity index (χ0v) is 13.0. The Morgan fingerprint density at radius 2 is 2.00 bits per heavy atom. The van der Waals surface area contributed by atoms with Crippen molar-refractivity contribution in [3.63, 3.8) is 0 Å². The molecule has 0 heterocycles. The number of nitrogens with zero attached hydrogens (tertiary/aromatic N) is 1. The van der Waals surface area contributed by atoms with Crippen molar-refractivity contribution in [2.75, 3.05) is 19.3 Å². The van der Waals surface area contributed by atoms with Gasteiger partial charge in [0.1, 0.15) is 0 Å². The minimum absolute atomic E-state index is 0.0637. The van der Waals surface area contributed by atoms with Crippen LogP contribution in [0.3, 0.4) is 0 Å². The number of sulfonamides is 1. The van der Waals surface area contributed by atoms with Crippen LogP contribution in [0.5, 0.6) is 0 Å². The summed E-state index contributed by atoms with van der Waals surface area (Å²) in [5, 5.41) is 0. The number of aryl methyl sites for hydroxylation is 1. The summed E-state index contributed by atoms with van der Waals surface area (Å²) in [6.07, 6.45) is 0. The van der Waals surface area contributed by atoms with Crippen LogP contribution in [0.4, 0.5) is 5.69 Å². The molecule has 0 aliphatic rings. The first kappa shape index (κ1) is 16.5. The van der Waals surface area contributed by atoms with E-state index in [0.717, 1.165) is 5.56 Å². The monoisotopic (exact) mass is 299 g/mol. The summed E-state index contributed by atoms with van der Waals surface area (Å²) < 4.78 is 26.8. The Kier molecular flexibility index (Phi) is 5.13. The van der Waals surface area contributed by atoms with Crippen LogP contribution < -0.4 is 10.5 Å². The minimum Gasteiger partial charge on any atom is -0.399 e. The lowest BCUT2D eigenvalue weighted by atomic mass is 10.2. The van der Waals surface area contributed by atoms with Gasteiger partial charge in [-0.05, 0) is 44.5 Å². The van der Waals surface area contributed by atoms with E-state index in [1.54, 1.807) is 20.0 Å². The fourth-order valence-electron chi connectivity index (χ4n) is 1.77. The molecule has 7 heteroatoms. The predicted molar refractivity (Wildman–Crippen MR) is 78.7 cm³/mol. The van der Waals surface area contributed by atoms with E-state index in [4.69, 9.17) is 5.73 Å². The second-order valence-electron chi connectivity index (χ2n) is 4.77. The number of nitrogens with one attached hydrogen (secondary N) is 1. The number of hydrogen-bond acceptors (Lipinski definition) is 4. The lowest BCUT2D eigenvalue weighted by molar-refractivity contribution is -0.131. The van der Waals surface area contributed by atoms with Crippen LogP contribution in [0.1, 0.15) is 19.4 Å². The summed E-state index contributed by atoms with van der Waals surface area (Å²) in [5.74, 6) is -0.281. The number of carbonyl (C=O) groups excluding carboxylic acids is 1.